The molecular weight excluding hydrogens is 376 g/mol. The molecule has 158 valence electrons. The van der Waals surface area contributed by atoms with E-state index in [4.69, 9.17) is 0 Å². The van der Waals surface area contributed by atoms with Crippen molar-refractivity contribution in [2.45, 2.75) is 52.0 Å². The molecule has 0 saturated carbocycles. The number of likely N-dealkylation sites (tertiary alicyclic amines) is 1. The van der Waals surface area contributed by atoms with Crippen LogP contribution in [0.5, 0.6) is 0 Å². The molecule has 1 amide bonds. The van der Waals surface area contributed by atoms with Gasteiger partial charge in [0.25, 0.3) is 5.56 Å². The minimum Gasteiger partial charge on any atom is -0.361 e. The largest absolute Gasteiger partial charge is 0.361 e. The minimum atomic E-state index is -0.0897. The van der Waals surface area contributed by atoms with E-state index in [-0.39, 0.29) is 16.9 Å². The number of hydrogen-bond acceptors (Lipinski definition) is 3. The maximum Gasteiger partial charge on any atom is 0.266 e. The van der Waals surface area contributed by atoms with Crippen molar-refractivity contribution in [1.82, 2.24) is 19.7 Å². The predicted molar refractivity (Wildman–Crippen MR) is 119 cm³/mol. The normalized spacial score (nSPS) is 15.6. The Balaban J connectivity index is 1.36. The van der Waals surface area contributed by atoms with Crippen LogP contribution >= 0.6 is 0 Å². The highest BCUT2D eigenvalue weighted by molar-refractivity contribution is 5.88. The van der Waals surface area contributed by atoms with E-state index < -0.39 is 0 Å². The van der Waals surface area contributed by atoms with Gasteiger partial charge in [0.2, 0.25) is 5.91 Å². The van der Waals surface area contributed by atoms with E-state index in [1.165, 1.54) is 0 Å². The first-order valence-electron chi connectivity index (χ1n) is 10.7. The summed E-state index contributed by atoms with van der Waals surface area (Å²) in [6.45, 7) is 8.39. The van der Waals surface area contributed by atoms with Crippen LogP contribution in [0, 0.1) is 5.92 Å². The standard InChI is InChI=1S/C24H30N4O2/c1-24(2,3)21-8-9-22(29)28(26-21)16-17-10-12-27(13-11-17)23(30)14-18-15-25-20-7-5-4-6-19(18)20/h4-9,15,17,25H,10-14,16H2,1-3H3. The minimum absolute atomic E-state index is 0.0548. The average molecular weight is 407 g/mol. The quantitative estimate of drug-likeness (QED) is 0.721. The number of amides is 1. The Morgan fingerprint density at radius 3 is 2.60 bits per heavy atom. The fourth-order valence-electron chi connectivity index (χ4n) is 4.14. The number of carbonyl (C=O) groups is 1. The van der Waals surface area contributed by atoms with Crippen LogP contribution in [0.1, 0.15) is 44.9 Å². The van der Waals surface area contributed by atoms with Gasteiger partial charge in [0, 0.05) is 48.2 Å². The maximum absolute atomic E-state index is 12.8. The van der Waals surface area contributed by atoms with Crippen molar-refractivity contribution in [2.75, 3.05) is 13.1 Å². The number of hydrogen-bond donors (Lipinski definition) is 1. The number of aromatic nitrogens is 3. The zero-order valence-corrected chi connectivity index (χ0v) is 18.0. The third-order valence-corrected chi connectivity index (χ3v) is 6.05. The van der Waals surface area contributed by atoms with Crippen LogP contribution < -0.4 is 5.56 Å². The molecular formula is C24H30N4O2. The van der Waals surface area contributed by atoms with Crippen LogP contribution in [0.25, 0.3) is 10.9 Å². The van der Waals surface area contributed by atoms with E-state index in [1.54, 1.807) is 10.7 Å². The Morgan fingerprint density at radius 2 is 1.87 bits per heavy atom. The molecule has 1 N–H and O–H groups in total. The topological polar surface area (TPSA) is 71.0 Å². The molecule has 0 bridgehead atoms. The summed E-state index contributed by atoms with van der Waals surface area (Å²) in [4.78, 5) is 30.3. The molecule has 6 heteroatoms. The Labute approximate surface area is 176 Å². The number of nitrogens with zero attached hydrogens (tertiary/aromatic N) is 3. The summed E-state index contributed by atoms with van der Waals surface area (Å²) in [5.41, 5.74) is 2.89. The van der Waals surface area contributed by atoms with E-state index in [9.17, 15) is 9.59 Å². The number of carbonyl (C=O) groups excluding carboxylic acids is 1. The molecule has 1 fully saturated rings. The highest BCUT2D eigenvalue weighted by Gasteiger charge is 2.25. The number of fused-ring (bicyclic) bond motifs is 1. The number of piperidine rings is 1. The summed E-state index contributed by atoms with van der Waals surface area (Å²) in [6, 6.07) is 11.5. The first-order valence-corrected chi connectivity index (χ1v) is 10.7. The van der Waals surface area contributed by atoms with Crippen LogP contribution in [-0.4, -0.2) is 38.7 Å². The smallest absolute Gasteiger partial charge is 0.266 e. The molecule has 2 aromatic heterocycles. The highest BCUT2D eigenvalue weighted by Crippen LogP contribution is 2.23. The Hall–Kier alpha value is -2.89. The van der Waals surface area contributed by atoms with E-state index in [0.717, 1.165) is 48.1 Å². The Bertz CT molecular complexity index is 1100. The van der Waals surface area contributed by atoms with E-state index >= 15 is 0 Å². The van der Waals surface area contributed by atoms with Gasteiger partial charge in [-0.1, -0.05) is 39.0 Å². The van der Waals surface area contributed by atoms with Gasteiger partial charge in [0.15, 0.2) is 0 Å². The van der Waals surface area contributed by atoms with Crippen LogP contribution in [0.3, 0.4) is 0 Å². The molecule has 6 nitrogen and oxygen atoms in total. The first-order chi connectivity index (χ1) is 14.3. The van der Waals surface area contributed by atoms with Gasteiger partial charge in [0.1, 0.15) is 0 Å². The molecule has 0 radical (unpaired) electrons. The van der Waals surface area contributed by atoms with Gasteiger partial charge in [-0.05, 0) is 36.5 Å². The summed E-state index contributed by atoms with van der Waals surface area (Å²) in [7, 11) is 0. The van der Waals surface area contributed by atoms with Crippen molar-refractivity contribution in [3.05, 3.63) is 64.2 Å². The molecule has 0 spiro atoms. The summed E-state index contributed by atoms with van der Waals surface area (Å²) in [5.74, 6) is 0.533. The van der Waals surface area contributed by atoms with E-state index in [1.807, 2.05) is 35.4 Å². The number of aromatic amines is 1. The molecule has 1 saturated heterocycles. The zero-order valence-electron chi connectivity index (χ0n) is 18.0. The lowest BCUT2D eigenvalue weighted by Gasteiger charge is -2.32. The lowest BCUT2D eigenvalue weighted by Crippen LogP contribution is -2.41. The van der Waals surface area contributed by atoms with Gasteiger partial charge in [0.05, 0.1) is 12.1 Å². The lowest BCUT2D eigenvalue weighted by molar-refractivity contribution is -0.131. The molecule has 1 aliphatic heterocycles. The second kappa shape index (κ2) is 8.09. The van der Waals surface area contributed by atoms with E-state index in [2.05, 4.69) is 36.9 Å². The summed E-state index contributed by atoms with van der Waals surface area (Å²) in [5, 5.41) is 5.71. The summed E-state index contributed by atoms with van der Waals surface area (Å²) < 4.78 is 1.61. The lowest BCUT2D eigenvalue weighted by atomic mass is 9.92. The van der Waals surface area contributed by atoms with Crippen LogP contribution in [0.15, 0.2) is 47.4 Å². The Kier molecular flexibility index (Phi) is 5.50. The Morgan fingerprint density at radius 1 is 1.13 bits per heavy atom. The van der Waals surface area contributed by atoms with Gasteiger partial charge in [-0.15, -0.1) is 0 Å². The van der Waals surface area contributed by atoms with Gasteiger partial charge in [-0.3, -0.25) is 9.59 Å². The molecule has 0 atom stereocenters. The molecule has 1 aromatic carbocycles. The number of H-pyrrole nitrogens is 1. The van der Waals surface area contributed by atoms with Crippen molar-refractivity contribution in [2.24, 2.45) is 5.92 Å². The van der Waals surface area contributed by atoms with Crippen LogP contribution in [-0.2, 0) is 23.2 Å². The van der Waals surface area contributed by atoms with Crippen molar-refractivity contribution >= 4 is 16.8 Å². The highest BCUT2D eigenvalue weighted by atomic mass is 16.2. The number of para-hydroxylation sites is 1. The summed E-state index contributed by atoms with van der Waals surface area (Å²) >= 11 is 0. The average Bonchev–Trinajstić information content (AvgIpc) is 3.12. The van der Waals surface area contributed by atoms with Crippen LogP contribution in [0.4, 0.5) is 0 Å². The number of benzene rings is 1. The van der Waals surface area contributed by atoms with Crippen molar-refractivity contribution < 1.29 is 4.79 Å². The third kappa shape index (κ3) is 4.32. The molecule has 0 unspecified atom stereocenters. The van der Waals surface area contributed by atoms with E-state index in [0.29, 0.717) is 18.9 Å². The molecule has 3 aromatic rings. The van der Waals surface area contributed by atoms with Gasteiger partial charge < -0.3 is 9.88 Å². The zero-order chi connectivity index (χ0) is 21.3. The molecule has 1 aliphatic rings. The molecule has 4 rings (SSSR count). The molecule has 30 heavy (non-hydrogen) atoms. The fourth-order valence-corrected chi connectivity index (χ4v) is 4.14. The summed E-state index contributed by atoms with van der Waals surface area (Å²) in [6.07, 6.45) is 4.15. The van der Waals surface area contributed by atoms with Crippen molar-refractivity contribution in [3.8, 4) is 0 Å². The second-order valence-corrected chi connectivity index (χ2v) is 9.35. The van der Waals surface area contributed by atoms with Crippen molar-refractivity contribution in [1.29, 1.82) is 0 Å². The van der Waals surface area contributed by atoms with Crippen molar-refractivity contribution in [3.63, 3.8) is 0 Å². The maximum atomic E-state index is 12.8. The number of nitrogens with one attached hydrogen (secondary N) is 1. The molecule has 0 aliphatic carbocycles. The van der Waals surface area contributed by atoms with Gasteiger partial charge >= 0.3 is 0 Å². The fraction of sp³-hybridized carbons (Fsp3) is 0.458. The van der Waals surface area contributed by atoms with Gasteiger partial charge in [-0.25, -0.2) is 4.68 Å². The SMILES string of the molecule is CC(C)(C)c1ccc(=O)n(CC2CCN(C(=O)Cc3c[nH]c4ccccc34)CC2)n1. The second-order valence-electron chi connectivity index (χ2n) is 9.35. The van der Waals surface area contributed by atoms with Crippen LogP contribution in [0.2, 0.25) is 0 Å². The first kappa shape index (κ1) is 20.4. The number of rotatable bonds is 4. The molecule has 3 heterocycles. The monoisotopic (exact) mass is 406 g/mol. The van der Waals surface area contributed by atoms with Gasteiger partial charge in [-0.2, -0.15) is 5.10 Å². The third-order valence-electron chi connectivity index (χ3n) is 6.05. The predicted octanol–water partition coefficient (Wildman–Crippen LogP) is 3.50.